The first-order valence-electron chi connectivity index (χ1n) is 13.3. The number of thioether (sulfide) groups is 1. The van der Waals surface area contributed by atoms with Gasteiger partial charge in [-0.1, -0.05) is 54.6 Å². The summed E-state index contributed by atoms with van der Waals surface area (Å²) < 4.78 is 41.0. The average Bonchev–Trinajstić information content (AvgIpc) is 3.29. The van der Waals surface area contributed by atoms with Crippen LogP contribution in [0.15, 0.2) is 66.7 Å². The third-order valence-corrected chi connectivity index (χ3v) is 8.70. The van der Waals surface area contributed by atoms with Crippen LogP contribution in [-0.2, 0) is 22.6 Å². The van der Waals surface area contributed by atoms with Crippen LogP contribution in [0.5, 0.6) is 0 Å². The fourth-order valence-corrected chi connectivity index (χ4v) is 6.04. The number of amides is 3. The van der Waals surface area contributed by atoms with Crippen molar-refractivity contribution in [3.63, 3.8) is 0 Å². The molecule has 1 saturated heterocycles. The number of aliphatic hydroxyl groups is 1. The Hall–Kier alpha value is -3.83. The number of aryl methyl sites for hydroxylation is 1. The summed E-state index contributed by atoms with van der Waals surface area (Å²) >= 11 is 1.37. The van der Waals surface area contributed by atoms with E-state index in [-0.39, 0.29) is 18.8 Å². The summed E-state index contributed by atoms with van der Waals surface area (Å²) in [6.07, 6.45) is -1.89. The Morgan fingerprint density at radius 1 is 1.00 bits per heavy atom. The summed E-state index contributed by atoms with van der Waals surface area (Å²) in [5.74, 6) is -7.19. The molecule has 0 saturated carbocycles. The van der Waals surface area contributed by atoms with Crippen molar-refractivity contribution in [1.29, 1.82) is 0 Å². The molecular formula is C31H32F3N3O4S. The maximum absolute atomic E-state index is 14.4. The molecule has 1 fully saturated rings. The van der Waals surface area contributed by atoms with Gasteiger partial charge in [0.15, 0.2) is 23.6 Å². The smallest absolute Gasteiger partial charge is 0.254 e. The molecule has 0 radical (unpaired) electrons. The zero-order valence-corrected chi connectivity index (χ0v) is 24.2. The molecule has 3 N–H and O–H groups in total. The van der Waals surface area contributed by atoms with Gasteiger partial charge in [0.2, 0.25) is 5.91 Å². The van der Waals surface area contributed by atoms with Gasteiger partial charge < -0.3 is 20.6 Å². The van der Waals surface area contributed by atoms with Gasteiger partial charge in [-0.25, -0.2) is 13.2 Å². The van der Waals surface area contributed by atoms with E-state index in [1.807, 2.05) is 45.0 Å². The number of aliphatic hydroxyl groups excluding tert-OH is 1. The van der Waals surface area contributed by atoms with Crippen molar-refractivity contribution in [2.45, 2.75) is 56.7 Å². The third kappa shape index (κ3) is 6.79. The van der Waals surface area contributed by atoms with Gasteiger partial charge in [0.1, 0.15) is 6.04 Å². The fourth-order valence-electron chi connectivity index (χ4n) is 4.90. The molecule has 42 heavy (non-hydrogen) atoms. The minimum Gasteiger partial charge on any atom is -0.381 e. The van der Waals surface area contributed by atoms with E-state index in [1.165, 1.54) is 16.7 Å². The SMILES string of the molecule is Cc1ccccc1CNC(=O)[C@H]1N(C(=O)[C@@H](O)[C@H](Cc2ccccc2)NC(=O)c2ccc(F)c(F)c2F)CSC1(C)C. The van der Waals surface area contributed by atoms with Gasteiger partial charge in [-0.2, -0.15) is 0 Å². The second-order valence-electron chi connectivity index (χ2n) is 10.7. The van der Waals surface area contributed by atoms with E-state index in [1.54, 1.807) is 30.3 Å². The summed E-state index contributed by atoms with van der Waals surface area (Å²) in [4.78, 5) is 41.4. The van der Waals surface area contributed by atoms with E-state index >= 15 is 0 Å². The van der Waals surface area contributed by atoms with Gasteiger partial charge in [0, 0.05) is 11.3 Å². The van der Waals surface area contributed by atoms with Crippen LogP contribution >= 0.6 is 11.8 Å². The molecule has 0 bridgehead atoms. The molecule has 1 aliphatic heterocycles. The Labute approximate surface area is 246 Å². The first-order chi connectivity index (χ1) is 19.9. The van der Waals surface area contributed by atoms with Gasteiger partial charge in [-0.15, -0.1) is 11.8 Å². The lowest BCUT2D eigenvalue weighted by atomic mass is 9.96. The molecule has 0 unspecified atom stereocenters. The third-order valence-electron chi connectivity index (χ3n) is 7.32. The summed E-state index contributed by atoms with van der Waals surface area (Å²) in [5, 5.41) is 16.6. The summed E-state index contributed by atoms with van der Waals surface area (Å²) in [5.41, 5.74) is 1.78. The average molecular weight is 600 g/mol. The summed E-state index contributed by atoms with van der Waals surface area (Å²) in [6.45, 7) is 5.82. The monoisotopic (exact) mass is 599 g/mol. The van der Waals surface area contributed by atoms with Crippen molar-refractivity contribution in [2.75, 3.05) is 5.88 Å². The standard InChI is InChI=1S/C31H32F3N3O4S/c1-18-9-7-8-12-20(18)16-35-29(40)27-31(2,3)42-17-37(27)30(41)26(38)23(15-19-10-5-4-6-11-19)36-28(39)21-13-14-22(32)25(34)24(21)33/h4-14,23,26-27,38H,15-17H2,1-3H3,(H,35,40)(H,36,39)/t23-,26-,27+/m0/s1. The molecule has 7 nitrogen and oxygen atoms in total. The molecule has 3 aromatic carbocycles. The number of halogens is 3. The second kappa shape index (κ2) is 13.0. The van der Waals surface area contributed by atoms with Gasteiger partial charge in [-0.3, -0.25) is 14.4 Å². The first kappa shape index (κ1) is 31.1. The molecule has 4 rings (SSSR count). The highest BCUT2D eigenvalue weighted by Crippen LogP contribution is 2.40. The fraction of sp³-hybridized carbons (Fsp3) is 0.323. The van der Waals surface area contributed by atoms with E-state index in [2.05, 4.69) is 10.6 Å². The highest BCUT2D eigenvalue weighted by atomic mass is 32.2. The number of nitrogens with one attached hydrogen (secondary N) is 2. The highest BCUT2D eigenvalue weighted by molar-refractivity contribution is 8.00. The Morgan fingerprint density at radius 3 is 2.36 bits per heavy atom. The van der Waals surface area contributed by atoms with Crippen molar-refractivity contribution in [1.82, 2.24) is 15.5 Å². The number of rotatable bonds is 9. The number of nitrogens with zero attached hydrogens (tertiary/aromatic N) is 1. The first-order valence-corrected chi connectivity index (χ1v) is 14.3. The zero-order chi connectivity index (χ0) is 30.6. The maximum Gasteiger partial charge on any atom is 0.254 e. The number of hydrogen-bond acceptors (Lipinski definition) is 5. The van der Waals surface area contributed by atoms with E-state index in [9.17, 15) is 32.7 Å². The van der Waals surface area contributed by atoms with Crippen molar-refractivity contribution < 1.29 is 32.7 Å². The van der Waals surface area contributed by atoms with Crippen LogP contribution in [-0.4, -0.2) is 56.5 Å². The van der Waals surface area contributed by atoms with Crippen molar-refractivity contribution >= 4 is 29.5 Å². The van der Waals surface area contributed by atoms with E-state index < -0.39 is 63.7 Å². The molecule has 1 aliphatic rings. The predicted octanol–water partition coefficient (Wildman–Crippen LogP) is 4.11. The number of carbonyl (C=O) groups excluding carboxylic acids is 3. The normalized spacial score (nSPS) is 17.4. The van der Waals surface area contributed by atoms with Gasteiger partial charge in [-0.05, 0) is 56.0 Å². The molecule has 11 heteroatoms. The molecule has 0 spiro atoms. The van der Waals surface area contributed by atoms with Crippen molar-refractivity contribution in [2.24, 2.45) is 0 Å². The molecule has 1 heterocycles. The molecule has 222 valence electrons. The van der Waals surface area contributed by atoms with Gasteiger partial charge >= 0.3 is 0 Å². The Bertz CT molecular complexity index is 1470. The van der Waals surface area contributed by atoms with Crippen molar-refractivity contribution in [3.8, 4) is 0 Å². The largest absolute Gasteiger partial charge is 0.381 e. The van der Waals surface area contributed by atoms with Gasteiger partial charge in [0.05, 0.1) is 17.5 Å². The number of carbonyl (C=O) groups is 3. The lowest BCUT2D eigenvalue weighted by Gasteiger charge is -2.33. The number of hydrogen-bond donors (Lipinski definition) is 3. The zero-order valence-electron chi connectivity index (χ0n) is 23.4. The van der Waals surface area contributed by atoms with Crippen molar-refractivity contribution in [3.05, 3.63) is 106 Å². The lowest BCUT2D eigenvalue weighted by molar-refractivity contribution is -0.147. The Kier molecular flexibility index (Phi) is 9.63. The summed E-state index contributed by atoms with van der Waals surface area (Å²) in [6, 6.07) is 15.4. The van der Waals surface area contributed by atoms with E-state index in [0.717, 1.165) is 17.2 Å². The van der Waals surface area contributed by atoms with E-state index in [4.69, 9.17) is 0 Å². The maximum atomic E-state index is 14.4. The Balaban J connectivity index is 1.57. The Morgan fingerprint density at radius 2 is 1.67 bits per heavy atom. The predicted molar refractivity (Wildman–Crippen MR) is 154 cm³/mol. The molecule has 0 aliphatic carbocycles. The van der Waals surface area contributed by atoms with Gasteiger partial charge in [0.25, 0.3) is 11.8 Å². The van der Waals surface area contributed by atoms with Crippen LogP contribution in [0, 0.1) is 24.4 Å². The van der Waals surface area contributed by atoms with Crippen LogP contribution in [0.4, 0.5) is 13.2 Å². The number of benzene rings is 3. The second-order valence-corrected chi connectivity index (χ2v) is 12.3. The van der Waals surface area contributed by atoms with E-state index in [0.29, 0.717) is 11.6 Å². The highest BCUT2D eigenvalue weighted by Gasteiger charge is 2.49. The molecule has 0 aromatic heterocycles. The van der Waals surface area contributed by atoms with Crippen LogP contribution in [0.1, 0.15) is 40.9 Å². The topological polar surface area (TPSA) is 98.7 Å². The molecular weight excluding hydrogens is 567 g/mol. The minimum absolute atomic E-state index is 0.0424. The lowest BCUT2D eigenvalue weighted by Crippen LogP contribution is -2.58. The van der Waals surface area contributed by atoms with Crippen LogP contribution in [0.2, 0.25) is 0 Å². The summed E-state index contributed by atoms with van der Waals surface area (Å²) in [7, 11) is 0. The molecule has 3 amide bonds. The quantitative estimate of drug-likeness (QED) is 0.322. The minimum atomic E-state index is -1.84. The molecule has 3 atom stereocenters. The van der Waals surface area contributed by atoms with Crippen LogP contribution in [0.25, 0.3) is 0 Å². The van der Waals surface area contributed by atoms with Crippen LogP contribution in [0.3, 0.4) is 0 Å². The van der Waals surface area contributed by atoms with Crippen LogP contribution < -0.4 is 10.6 Å². The molecule has 3 aromatic rings.